The highest BCUT2D eigenvalue weighted by atomic mass is 16.5. The van der Waals surface area contributed by atoms with Crippen molar-refractivity contribution in [3.05, 3.63) is 29.5 Å². The number of aromatic nitrogens is 1. The van der Waals surface area contributed by atoms with Crippen LogP contribution in [0.15, 0.2) is 22.7 Å². The molecule has 0 atom stereocenters. The normalized spacial score (nSPS) is 11.0. The smallest absolute Gasteiger partial charge is 0.240 e. The molecule has 0 aliphatic rings. The fourth-order valence-electron chi connectivity index (χ4n) is 2.68. The van der Waals surface area contributed by atoms with Gasteiger partial charge in [0.2, 0.25) is 17.5 Å². The van der Waals surface area contributed by atoms with Crippen molar-refractivity contribution in [1.29, 1.82) is 0 Å². The van der Waals surface area contributed by atoms with Crippen molar-refractivity contribution >= 4 is 11.8 Å². The molecule has 0 radical (unpaired) electrons. The minimum absolute atomic E-state index is 0.176. The van der Waals surface area contributed by atoms with Crippen LogP contribution in [0.3, 0.4) is 0 Å². The Morgan fingerprint density at radius 1 is 1.19 bits per heavy atom. The number of rotatable bonds is 9. The molecule has 2 aromatic rings. The summed E-state index contributed by atoms with van der Waals surface area (Å²) in [6, 6.07) is 5.44. The lowest BCUT2D eigenvalue weighted by atomic mass is 10.1. The summed E-state index contributed by atoms with van der Waals surface area (Å²) in [6.45, 7) is 4.68. The Kier molecular flexibility index (Phi) is 7.06. The summed E-state index contributed by atoms with van der Waals surface area (Å²) in [5.41, 5.74) is 1.68. The number of ether oxygens (including phenoxy) is 3. The van der Waals surface area contributed by atoms with Crippen LogP contribution >= 0.6 is 0 Å². The molecule has 8 nitrogen and oxygen atoms in total. The third-order valence-electron chi connectivity index (χ3n) is 4.02. The van der Waals surface area contributed by atoms with Crippen LogP contribution in [0.4, 0.5) is 5.88 Å². The lowest BCUT2D eigenvalue weighted by Crippen LogP contribution is -2.29. The maximum absolute atomic E-state index is 12.3. The van der Waals surface area contributed by atoms with E-state index >= 15 is 0 Å². The zero-order chi connectivity index (χ0) is 20.0. The van der Waals surface area contributed by atoms with Crippen molar-refractivity contribution in [3.63, 3.8) is 0 Å². The fourth-order valence-corrected chi connectivity index (χ4v) is 2.68. The van der Waals surface area contributed by atoms with Crippen molar-refractivity contribution in [2.45, 2.75) is 26.3 Å². The van der Waals surface area contributed by atoms with Crippen molar-refractivity contribution in [2.75, 3.05) is 40.2 Å². The summed E-state index contributed by atoms with van der Waals surface area (Å²) in [6.07, 6.45) is 0. The summed E-state index contributed by atoms with van der Waals surface area (Å²) in [4.78, 5) is 14.1. The van der Waals surface area contributed by atoms with Crippen molar-refractivity contribution in [1.82, 2.24) is 10.1 Å². The zero-order valence-corrected chi connectivity index (χ0v) is 16.7. The highest BCUT2D eigenvalue weighted by molar-refractivity contribution is 5.90. The molecule has 1 heterocycles. The summed E-state index contributed by atoms with van der Waals surface area (Å²) >= 11 is 0. The van der Waals surface area contributed by atoms with Gasteiger partial charge in [-0.3, -0.25) is 15.0 Å². The van der Waals surface area contributed by atoms with E-state index in [9.17, 15) is 4.79 Å². The van der Waals surface area contributed by atoms with E-state index in [0.717, 1.165) is 11.3 Å². The van der Waals surface area contributed by atoms with Gasteiger partial charge in [-0.15, -0.1) is 0 Å². The van der Waals surface area contributed by atoms with Gasteiger partial charge in [-0.25, -0.2) is 0 Å². The lowest BCUT2D eigenvalue weighted by molar-refractivity contribution is -0.117. The van der Waals surface area contributed by atoms with Gasteiger partial charge >= 0.3 is 0 Å². The fraction of sp³-hybridized carbons (Fsp3) is 0.474. The number of methoxy groups -OCH3 is 3. The molecular formula is C19H27N3O5. The molecule has 0 aliphatic carbocycles. The maximum Gasteiger partial charge on any atom is 0.240 e. The predicted molar refractivity (Wildman–Crippen MR) is 102 cm³/mol. The molecule has 0 aliphatic heterocycles. The molecule has 148 valence electrons. The number of benzene rings is 1. The number of carbonyl (C=O) groups excluding carboxylic acids is 1. The van der Waals surface area contributed by atoms with Crippen LogP contribution in [0.1, 0.15) is 31.0 Å². The van der Waals surface area contributed by atoms with Gasteiger partial charge in [-0.2, -0.15) is 0 Å². The van der Waals surface area contributed by atoms with Crippen LogP contribution in [0.5, 0.6) is 17.2 Å². The largest absolute Gasteiger partial charge is 0.493 e. The van der Waals surface area contributed by atoms with E-state index in [1.807, 2.05) is 37.9 Å². The van der Waals surface area contributed by atoms with Crippen LogP contribution in [0, 0.1) is 0 Å². The van der Waals surface area contributed by atoms with E-state index in [-0.39, 0.29) is 18.4 Å². The second-order valence-corrected chi connectivity index (χ2v) is 6.48. The molecule has 0 unspecified atom stereocenters. The van der Waals surface area contributed by atoms with E-state index in [2.05, 4.69) is 10.5 Å². The average Bonchev–Trinajstić information content (AvgIpc) is 3.09. The SMILES string of the molecule is COc1ccc(CN(C)CC(=O)Nc2cc(C(C)C)no2)c(OC)c1OC. The zero-order valence-electron chi connectivity index (χ0n) is 16.7. The molecule has 0 spiro atoms. The summed E-state index contributed by atoms with van der Waals surface area (Å²) in [5, 5.41) is 6.65. The summed E-state index contributed by atoms with van der Waals surface area (Å²) in [5.74, 6) is 2.09. The molecule has 8 heteroatoms. The van der Waals surface area contributed by atoms with E-state index in [1.54, 1.807) is 27.4 Å². The van der Waals surface area contributed by atoms with E-state index in [1.165, 1.54) is 0 Å². The summed E-state index contributed by atoms with van der Waals surface area (Å²) in [7, 11) is 6.55. The Morgan fingerprint density at radius 2 is 1.89 bits per heavy atom. The number of nitrogens with zero attached hydrogens (tertiary/aromatic N) is 2. The van der Waals surface area contributed by atoms with E-state index < -0.39 is 0 Å². The minimum atomic E-state index is -0.191. The van der Waals surface area contributed by atoms with Gasteiger partial charge in [-0.05, 0) is 19.0 Å². The van der Waals surface area contributed by atoms with Gasteiger partial charge in [0.05, 0.1) is 33.6 Å². The summed E-state index contributed by atoms with van der Waals surface area (Å²) < 4.78 is 21.3. The quantitative estimate of drug-likeness (QED) is 0.719. The number of carbonyl (C=O) groups is 1. The van der Waals surface area contributed by atoms with Crippen LogP contribution in [0.2, 0.25) is 0 Å². The first-order chi connectivity index (χ1) is 12.9. The molecular weight excluding hydrogens is 350 g/mol. The number of amides is 1. The molecule has 2 rings (SSSR count). The highest BCUT2D eigenvalue weighted by Gasteiger charge is 2.18. The van der Waals surface area contributed by atoms with Gasteiger partial charge in [0, 0.05) is 18.2 Å². The van der Waals surface area contributed by atoms with Crippen LogP contribution in [-0.4, -0.2) is 50.9 Å². The van der Waals surface area contributed by atoms with Gasteiger partial charge in [0.15, 0.2) is 11.5 Å². The first kappa shape index (κ1) is 20.6. The molecule has 1 amide bonds. The molecule has 0 bridgehead atoms. The molecule has 1 N–H and O–H groups in total. The van der Waals surface area contributed by atoms with Crippen molar-refractivity contribution < 1.29 is 23.5 Å². The lowest BCUT2D eigenvalue weighted by Gasteiger charge is -2.20. The van der Waals surface area contributed by atoms with E-state index in [0.29, 0.717) is 29.7 Å². The third kappa shape index (κ3) is 5.13. The van der Waals surface area contributed by atoms with E-state index in [4.69, 9.17) is 18.7 Å². The second kappa shape index (κ2) is 9.27. The van der Waals surface area contributed by atoms with Crippen LogP contribution in [-0.2, 0) is 11.3 Å². The first-order valence-electron chi connectivity index (χ1n) is 8.62. The molecule has 0 saturated carbocycles. The molecule has 27 heavy (non-hydrogen) atoms. The number of nitrogens with one attached hydrogen (secondary N) is 1. The van der Waals surface area contributed by atoms with Gasteiger partial charge < -0.3 is 18.7 Å². The minimum Gasteiger partial charge on any atom is -0.493 e. The monoisotopic (exact) mass is 377 g/mol. The Bertz CT molecular complexity index is 773. The van der Waals surface area contributed by atoms with Gasteiger partial charge in [0.1, 0.15) is 0 Å². The average molecular weight is 377 g/mol. The standard InChI is InChI=1S/C19H27N3O5/c1-12(2)14-9-17(27-21-14)20-16(23)11-22(3)10-13-7-8-15(24-4)19(26-6)18(13)25-5/h7-9,12H,10-11H2,1-6H3,(H,20,23). The maximum atomic E-state index is 12.3. The number of hydrogen-bond acceptors (Lipinski definition) is 7. The highest BCUT2D eigenvalue weighted by Crippen LogP contribution is 2.40. The number of anilines is 1. The Labute approximate surface area is 159 Å². The van der Waals surface area contributed by atoms with Crippen LogP contribution < -0.4 is 19.5 Å². The Hall–Kier alpha value is -2.74. The second-order valence-electron chi connectivity index (χ2n) is 6.48. The van der Waals surface area contributed by atoms with Crippen LogP contribution in [0.25, 0.3) is 0 Å². The topological polar surface area (TPSA) is 86.1 Å². The number of hydrogen-bond donors (Lipinski definition) is 1. The molecule has 1 aromatic heterocycles. The van der Waals surface area contributed by atoms with Gasteiger partial charge in [0.25, 0.3) is 0 Å². The first-order valence-corrected chi connectivity index (χ1v) is 8.62. The van der Waals surface area contributed by atoms with Crippen molar-refractivity contribution in [2.24, 2.45) is 0 Å². The molecule has 0 saturated heterocycles. The van der Waals surface area contributed by atoms with Gasteiger partial charge in [-0.1, -0.05) is 25.1 Å². The Morgan fingerprint density at radius 3 is 2.44 bits per heavy atom. The third-order valence-corrected chi connectivity index (χ3v) is 4.02. The Balaban J connectivity index is 2.02. The molecule has 0 fully saturated rings. The number of likely N-dealkylation sites (N-methyl/N-ethyl adjacent to an activating group) is 1. The van der Waals surface area contributed by atoms with Crippen molar-refractivity contribution in [3.8, 4) is 17.2 Å². The molecule has 1 aromatic carbocycles. The predicted octanol–water partition coefficient (Wildman–Crippen LogP) is 2.89.